The van der Waals surface area contributed by atoms with Crippen LogP contribution in [0.25, 0.3) is 0 Å². The van der Waals surface area contributed by atoms with Crippen molar-refractivity contribution in [3.63, 3.8) is 0 Å². The van der Waals surface area contributed by atoms with Crippen LogP contribution in [0.3, 0.4) is 0 Å². The van der Waals surface area contributed by atoms with E-state index in [1.807, 2.05) is 22.6 Å². The largest absolute Gasteiger partial charge is 0.416 e. The minimum absolute atomic E-state index is 0.274. The summed E-state index contributed by atoms with van der Waals surface area (Å²) < 4.78 is 37.1. The molecule has 0 unspecified atom stereocenters. The van der Waals surface area contributed by atoms with Crippen molar-refractivity contribution in [1.82, 2.24) is 0 Å². The summed E-state index contributed by atoms with van der Waals surface area (Å²) in [6, 6.07) is 3.35. The van der Waals surface area contributed by atoms with Gasteiger partial charge in [-0.05, 0) is 40.8 Å². The molecule has 0 heterocycles. The van der Waals surface area contributed by atoms with Crippen molar-refractivity contribution in [2.45, 2.75) is 6.18 Å². The zero-order valence-electron chi connectivity index (χ0n) is 6.32. The van der Waals surface area contributed by atoms with E-state index in [9.17, 15) is 13.2 Å². The SMILES string of the molecule is C#Cc1cc(C(F)(F)F)ccc1I. The number of halogens is 4. The fraction of sp³-hybridized carbons (Fsp3) is 0.111. The first-order valence-corrected chi connectivity index (χ1v) is 4.36. The Bertz CT molecular complexity index is 360. The molecule has 0 N–H and O–H groups in total. The third-order valence-corrected chi connectivity index (χ3v) is 2.39. The first-order chi connectivity index (χ1) is 5.95. The number of benzene rings is 1. The standard InChI is InChI=1S/C9H4F3I/c1-2-6-5-7(9(10,11)12)3-4-8(6)13/h1,3-5H. The smallest absolute Gasteiger partial charge is 0.166 e. The summed E-state index contributed by atoms with van der Waals surface area (Å²) in [6.45, 7) is 0. The Hall–Kier alpha value is -0.700. The van der Waals surface area contributed by atoms with Crippen LogP contribution in [0.5, 0.6) is 0 Å². The van der Waals surface area contributed by atoms with Gasteiger partial charge in [-0.15, -0.1) is 6.42 Å². The van der Waals surface area contributed by atoms with Gasteiger partial charge in [0.25, 0.3) is 0 Å². The van der Waals surface area contributed by atoms with Crippen LogP contribution < -0.4 is 0 Å². The molecule has 0 saturated heterocycles. The van der Waals surface area contributed by atoms with Crippen LogP contribution >= 0.6 is 22.6 Å². The van der Waals surface area contributed by atoms with Crippen LogP contribution in [0.4, 0.5) is 13.2 Å². The third kappa shape index (κ3) is 2.37. The molecule has 0 nitrogen and oxygen atoms in total. The maximum absolute atomic E-state index is 12.2. The minimum atomic E-state index is -4.32. The molecule has 1 aromatic carbocycles. The Morgan fingerprint density at radius 3 is 2.38 bits per heavy atom. The van der Waals surface area contributed by atoms with Gasteiger partial charge in [-0.2, -0.15) is 13.2 Å². The Morgan fingerprint density at radius 1 is 1.31 bits per heavy atom. The highest BCUT2D eigenvalue weighted by molar-refractivity contribution is 14.1. The molecule has 0 spiro atoms. The van der Waals surface area contributed by atoms with Gasteiger partial charge in [-0.3, -0.25) is 0 Å². The van der Waals surface area contributed by atoms with E-state index in [-0.39, 0.29) is 5.56 Å². The summed E-state index contributed by atoms with van der Waals surface area (Å²) in [7, 11) is 0. The Kier molecular flexibility index (Phi) is 2.86. The lowest BCUT2D eigenvalue weighted by atomic mass is 10.1. The Balaban J connectivity index is 3.24. The number of rotatable bonds is 0. The lowest BCUT2D eigenvalue weighted by Crippen LogP contribution is -2.05. The third-order valence-electron chi connectivity index (χ3n) is 1.45. The van der Waals surface area contributed by atoms with E-state index in [2.05, 4.69) is 5.92 Å². The van der Waals surface area contributed by atoms with Gasteiger partial charge in [0, 0.05) is 9.13 Å². The van der Waals surface area contributed by atoms with Crippen molar-refractivity contribution in [3.05, 3.63) is 32.9 Å². The van der Waals surface area contributed by atoms with Crippen LogP contribution in [0, 0.1) is 15.9 Å². The van der Waals surface area contributed by atoms with E-state index >= 15 is 0 Å². The topological polar surface area (TPSA) is 0 Å². The molecule has 4 heteroatoms. The molecule has 0 aliphatic heterocycles. The molecule has 0 radical (unpaired) electrons. The summed E-state index contributed by atoms with van der Waals surface area (Å²) in [5, 5.41) is 0. The maximum atomic E-state index is 12.2. The Morgan fingerprint density at radius 2 is 1.92 bits per heavy atom. The summed E-state index contributed by atoms with van der Waals surface area (Å²) in [5.41, 5.74) is -0.434. The predicted molar refractivity (Wildman–Crippen MR) is 52.1 cm³/mol. The van der Waals surface area contributed by atoms with Crippen LogP contribution in [0.2, 0.25) is 0 Å². The van der Waals surface area contributed by atoms with Gasteiger partial charge in [0.2, 0.25) is 0 Å². The van der Waals surface area contributed by atoms with Crippen LogP contribution in [-0.4, -0.2) is 0 Å². The molecule has 0 aliphatic carbocycles. The van der Waals surface area contributed by atoms with Crippen molar-refractivity contribution < 1.29 is 13.2 Å². The average Bonchev–Trinajstić information content (AvgIpc) is 2.03. The number of terminal acetylenes is 1. The molecule has 0 aliphatic rings. The predicted octanol–water partition coefficient (Wildman–Crippen LogP) is 3.29. The summed E-state index contributed by atoms with van der Waals surface area (Å²) in [5.74, 6) is 2.20. The zero-order chi connectivity index (χ0) is 10.1. The van der Waals surface area contributed by atoms with Crippen molar-refractivity contribution in [3.8, 4) is 12.3 Å². The fourth-order valence-corrected chi connectivity index (χ4v) is 1.30. The second kappa shape index (κ2) is 3.58. The lowest BCUT2D eigenvalue weighted by Gasteiger charge is -2.07. The van der Waals surface area contributed by atoms with Crippen molar-refractivity contribution in [2.24, 2.45) is 0 Å². The van der Waals surface area contributed by atoms with Gasteiger partial charge in [0.15, 0.2) is 0 Å². The first-order valence-electron chi connectivity index (χ1n) is 3.28. The Labute approximate surface area is 87.3 Å². The normalized spacial score (nSPS) is 11.0. The number of hydrogen-bond acceptors (Lipinski definition) is 0. The average molecular weight is 296 g/mol. The molecule has 0 aromatic heterocycles. The highest BCUT2D eigenvalue weighted by Gasteiger charge is 2.30. The molecule has 0 amide bonds. The molecule has 68 valence electrons. The van der Waals surface area contributed by atoms with Crippen LogP contribution in [0.15, 0.2) is 18.2 Å². The van der Waals surface area contributed by atoms with Crippen molar-refractivity contribution in [2.75, 3.05) is 0 Å². The molecule has 0 fully saturated rings. The zero-order valence-corrected chi connectivity index (χ0v) is 8.48. The van der Waals surface area contributed by atoms with E-state index in [0.717, 1.165) is 12.1 Å². The molecule has 0 atom stereocenters. The van der Waals surface area contributed by atoms with Gasteiger partial charge in [-0.1, -0.05) is 5.92 Å². The fourth-order valence-electron chi connectivity index (χ4n) is 0.812. The molecule has 1 rings (SSSR count). The van der Waals surface area contributed by atoms with Gasteiger partial charge < -0.3 is 0 Å². The number of alkyl halides is 3. The van der Waals surface area contributed by atoms with Gasteiger partial charge >= 0.3 is 6.18 Å². The minimum Gasteiger partial charge on any atom is -0.166 e. The monoisotopic (exact) mass is 296 g/mol. The molecule has 0 bridgehead atoms. The second-order valence-electron chi connectivity index (χ2n) is 2.34. The number of hydrogen-bond donors (Lipinski definition) is 0. The molecule has 0 saturated carbocycles. The van der Waals surface area contributed by atoms with E-state index in [1.54, 1.807) is 0 Å². The first kappa shape index (κ1) is 10.4. The van der Waals surface area contributed by atoms with Crippen molar-refractivity contribution in [1.29, 1.82) is 0 Å². The van der Waals surface area contributed by atoms with Crippen LogP contribution in [0.1, 0.15) is 11.1 Å². The van der Waals surface area contributed by atoms with Crippen LogP contribution in [-0.2, 0) is 6.18 Å². The maximum Gasteiger partial charge on any atom is 0.416 e. The molecule has 1 aromatic rings. The highest BCUT2D eigenvalue weighted by Crippen LogP contribution is 2.30. The van der Waals surface area contributed by atoms with E-state index in [0.29, 0.717) is 3.57 Å². The summed E-state index contributed by atoms with van der Waals surface area (Å²) in [6.07, 6.45) is 0.717. The lowest BCUT2D eigenvalue weighted by molar-refractivity contribution is -0.137. The van der Waals surface area contributed by atoms with Gasteiger partial charge in [-0.25, -0.2) is 0 Å². The van der Waals surface area contributed by atoms with E-state index in [4.69, 9.17) is 6.42 Å². The quantitative estimate of drug-likeness (QED) is 0.509. The van der Waals surface area contributed by atoms with Gasteiger partial charge in [0.05, 0.1) is 5.56 Å². The highest BCUT2D eigenvalue weighted by atomic mass is 127. The van der Waals surface area contributed by atoms with E-state index in [1.165, 1.54) is 6.07 Å². The second-order valence-corrected chi connectivity index (χ2v) is 3.50. The molecular weight excluding hydrogens is 292 g/mol. The molecule has 13 heavy (non-hydrogen) atoms. The summed E-state index contributed by atoms with van der Waals surface area (Å²) in [4.78, 5) is 0. The van der Waals surface area contributed by atoms with Gasteiger partial charge in [0.1, 0.15) is 0 Å². The summed E-state index contributed by atoms with van der Waals surface area (Å²) >= 11 is 1.90. The molecular formula is C9H4F3I. The van der Waals surface area contributed by atoms with Crippen molar-refractivity contribution >= 4 is 22.6 Å². The van der Waals surface area contributed by atoms with E-state index < -0.39 is 11.7 Å².